The van der Waals surface area contributed by atoms with E-state index in [0.29, 0.717) is 31.0 Å². The van der Waals surface area contributed by atoms with Crippen LogP contribution in [0.15, 0.2) is 42.5 Å². The molecule has 1 saturated heterocycles. The standard InChI is InChI=1S/C23H24F2N2O2/c24-20-7-1-15(2-8-20)9-10-27-14-19(12-22(27)28)23(29)26-13-18-6-5-17(11-21(18)25)16-3-4-16/h1-2,5-8,11,16,19H,3-4,9-10,12-14H2,(H,26,29). The number of nitrogens with one attached hydrogen (secondary N) is 1. The number of benzene rings is 2. The average molecular weight is 398 g/mol. The minimum atomic E-state index is -0.426. The van der Waals surface area contributed by atoms with Crippen LogP contribution < -0.4 is 5.32 Å². The van der Waals surface area contributed by atoms with Gasteiger partial charge in [-0.05, 0) is 54.5 Å². The Hall–Kier alpha value is -2.76. The van der Waals surface area contributed by atoms with Crippen molar-refractivity contribution in [1.82, 2.24) is 10.2 Å². The molecule has 29 heavy (non-hydrogen) atoms. The van der Waals surface area contributed by atoms with Crippen molar-refractivity contribution in [2.45, 2.75) is 38.1 Å². The highest BCUT2D eigenvalue weighted by Gasteiger charge is 2.34. The Labute approximate surface area is 168 Å². The minimum absolute atomic E-state index is 0.0628. The third-order valence-corrected chi connectivity index (χ3v) is 5.75. The molecule has 0 radical (unpaired) electrons. The lowest BCUT2D eigenvalue weighted by Gasteiger charge is -2.16. The minimum Gasteiger partial charge on any atom is -0.352 e. The van der Waals surface area contributed by atoms with Crippen molar-refractivity contribution in [2.75, 3.05) is 13.1 Å². The number of rotatable bonds is 7. The molecule has 152 valence electrons. The molecule has 1 saturated carbocycles. The third kappa shape index (κ3) is 4.81. The Balaban J connectivity index is 1.27. The number of likely N-dealkylation sites (tertiary alicyclic amines) is 1. The summed E-state index contributed by atoms with van der Waals surface area (Å²) in [6, 6.07) is 11.4. The Kier molecular flexibility index (Phi) is 5.60. The molecule has 2 aromatic carbocycles. The summed E-state index contributed by atoms with van der Waals surface area (Å²) in [5, 5.41) is 2.77. The van der Waals surface area contributed by atoms with Crippen molar-refractivity contribution >= 4 is 11.8 Å². The number of amides is 2. The van der Waals surface area contributed by atoms with Gasteiger partial charge in [-0.25, -0.2) is 8.78 Å². The number of hydrogen-bond acceptors (Lipinski definition) is 2. The fourth-order valence-corrected chi connectivity index (χ4v) is 3.78. The zero-order valence-corrected chi connectivity index (χ0v) is 16.2. The number of hydrogen-bond donors (Lipinski definition) is 1. The van der Waals surface area contributed by atoms with E-state index in [2.05, 4.69) is 5.32 Å². The molecule has 1 atom stereocenters. The van der Waals surface area contributed by atoms with Gasteiger partial charge in [0.05, 0.1) is 5.92 Å². The molecule has 0 spiro atoms. The summed E-state index contributed by atoms with van der Waals surface area (Å²) >= 11 is 0. The molecule has 2 aliphatic rings. The maximum absolute atomic E-state index is 14.2. The topological polar surface area (TPSA) is 49.4 Å². The molecular formula is C23H24F2N2O2. The van der Waals surface area contributed by atoms with E-state index in [1.165, 1.54) is 12.1 Å². The quantitative estimate of drug-likeness (QED) is 0.776. The van der Waals surface area contributed by atoms with Crippen molar-refractivity contribution in [3.8, 4) is 0 Å². The van der Waals surface area contributed by atoms with Crippen molar-refractivity contribution in [3.05, 3.63) is 70.8 Å². The van der Waals surface area contributed by atoms with Crippen LogP contribution >= 0.6 is 0 Å². The lowest BCUT2D eigenvalue weighted by Crippen LogP contribution is -2.33. The van der Waals surface area contributed by atoms with Gasteiger partial charge in [0.15, 0.2) is 0 Å². The van der Waals surface area contributed by atoms with Gasteiger partial charge >= 0.3 is 0 Å². The van der Waals surface area contributed by atoms with E-state index in [9.17, 15) is 18.4 Å². The molecule has 1 aliphatic carbocycles. The van der Waals surface area contributed by atoms with Crippen LogP contribution in [-0.4, -0.2) is 29.8 Å². The Morgan fingerprint density at radius 1 is 1.10 bits per heavy atom. The number of halogens is 2. The zero-order chi connectivity index (χ0) is 20.4. The van der Waals surface area contributed by atoms with Gasteiger partial charge in [-0.2, -0.15) is 0 Å². The van der Waals surface area contributed by atoms with E-state index in [1.807, 2.05) is 6.07 Å². The van der Waals surface area contributed by atoms with Crippen molar-refractivity contribution in [3.63, 3.8) is 0 Å². The number of carbonyl (C=O) groups excluding carboxylic acids is 2. The van der Waals surface area contributed by atoms with Crippen LogP contribution in [0.5, 0.6) is 0 Å². The highest BCUT2D eigenvalue weighted by molar-refractivity contribution is 5.89. The first-order valence-corrected chi connectivity index (χ1v) is 10.1. The molecule has 6 heteroatoms. The zero-order valence-electron chi connectivity index (χ0n) is 16.2. The maximum Gasteiger partial charge on any atom is 0.225 e. The molecule has 4 nitrogen and oxygen atoms in total. The van der Waals surface area contributed by atoms with E-state index < -0.39 is 5.92 Å². The second-order valence-corrected chi connectivity index (χ2v) is 7.96. The van der Waals surface area contributed by atoms with Crippen LogP contribution in [0.2, 0.25) is 0 Å². The molecule has 1 heterocycles. The lowest BCUT2D eigenvalue weighted by molar-refractivity contribution is -0.129. The summed E-state index contributed by atoms with van der Waals surface area (Å²) in [5.41, 5.74) is 2.42. The van der Waals surface area contributed by atoms with Crippen LogP contribution in [-0.2, 0) is 22.6 Å². The van der Waals surface area contributed by atoms with Crippen LogP contribution in [0.4, 0.5) is 8.78 Å². The largest absolute Gasteiger partial charge is 0.352 e. The first-order chi connectivity index (χ1) is 14.0. The van der Waals surface area contributed by atoms with Crippen molar-refractivity contribution in [2.24, 2.45) is 5.92 Å². The molecule has 1 N–H and O–H groups in total. The van der Waals surface area contributed by atoms with E-state index in [4.69, 9.17) is 0 Å². The molecule has 2 fully saturated rings. The second kappa shape index (κ2) is 8.31. The van der Waals surface area contributed by atoms with Crippen LogP contribution in [0, 0.1) is 17.6 Å². The molecule has 4 rings (SSSR count). The molecule has 2 amide bonds. The molecular weight excluding hydrogens is 374 g/mol. The molecule has 1 aliphatic heterocycles. The SMILES string of the molecule is O=C(NCc1ccc(C2CC2)cc1F)C1CC(=O)N(CCc2ccc(F)cc2)C1. The second-order valence-electron chi connectivity index (χ2n) is 7.96. The first-order valence-electron chi connectivity index (χ1n) is 10.1. The predicted molar refractivity (Wildman–Crippen MR) is 105 cm³/mol. The summed E-state index contributed by atoms with van der Waals surface area (Å²) in [6.07, 6.45) is 3.00. The van der Waals surface area contributed by atoms with Crippen LogP contribution in [0.3, 0.4) is 0 Å². The third-order valence-electron chi connectivity index (χ3n) is 5.75. The van der Waals surface area contributed by atoms with Crippen molar-refractivity contribution in [1.29, 1.82) is 0 Å². The van der Waals surface area contributed by atoms with Crippen LogP contribution in [0.25, 0.3) is 0 Å². The van der Waals surface area contributed by atoms with Gasteiger partial charge in [-0.15, -0.1) is 0 Å². The van der Waals surface area contributed by atoms with E-state index in [-0.39, 0.29) is 36.4 Å². The van der Waals surface area contributed by atoms with E-state index in [1.54, 1.807) is 29.2 Å². The van der Waals surface area contributed by atoms with E-state index >= 15 is 0 Å². The number of carbonyl (C=O) groups is 2. The normalized spacial score (nSPS) is 18.9. The smallest absolute Gasteiger partial charge is 0.225 e. The Bertz CT molecular complexity index is 910. The van der Waals surface area contributed by atoms with Gasteiger partial charge < -0.3 is 10.2 Å². The average Bonchev–Trinajstić information content (AvgIpc) is 3.49. The predicted octanol–water partition coefficient (Wildman–Crippen LogP) is 3.55. The highest BCUT2D eigenvalue weighted by atomic mass is 19.1. The van der Waals surface area contributed by atoms with Gasteiger partial charge in [0.25, 0.3) is 0 Å². The fourth-order valence-electron chi connectivity index (χ4n) is 3.78. The van der Waals surface area contributed by atoms with E-state index in [0.717, 1.165) is 24.0 Å². The van der Waals surface area contributed by atoms with Gasteiger partial charge in [-0.1, -0.05) is 24.3 Å². The summed E-state index contributed by atoms with van der Waals surface area (Å²) in [4.78, 5) is 26.4. The highest BCUT2D eigenvalue weighted by Crippen LogP contribution is 2.40. The molecule has 2 aromatic rings. The Morgan fingerprint density at radius 2 is 1.86 bits per heavy atom. The molecule has 0 bridgehead atoms. The molecule has 0 aromatic heterocycles. The van der Waals surface area contributed by atoms with Gasteiger partial charge in [0, 0.05) is 31.6 Å². The maximum atomic E-state index is 14.2. The Morgan fingerprint density at radius 3 is 2.55 bits per heavy atom. The summed E-state index contributed by atoms with van der Waals surface area (Å²) < 4.78 is 27.2. The van der Waals surface area contributed by atoms with Gasteiger partial charge in [0.2, 0.25) is 11.8 Å². The van der Waals surface area contributed by atoms with Crippen LogP contribution in [0.1, 0.15) is 41.9 Å². The lowest BCUT2D eigenvalue weighted by atomic mass is 10.1. The van der Waals surface area contributed by atoms with Gasteiger partial charge in [0.1, 0.15) is 11.6 Å². The first kappa shape index (κ1) is 19.6. The van der Waals surface area contributed by atoms with Crippen molar-refractivity contribution < 1.29 is 18.4 Å². The summed E-state index contributed by atoms with van der Waals surface area (Å²) in [6.45, 7) is 0.969. The summed E-state index contributed by atoms with van der Waals surface area (Å²) in [5.74, 6) is -0.817. The fraction of sp³-hybridized carbons (Fsp3) is 0.391. The number of nitrogens with zero attached hydrogens (tertiary/aromatic N) is 1. The molecule has 1 unspecified atom stereocenters. The summed E-state index contributed by atoms with van der Waals surface area (Å²) in [7, 11) is 0. The monoisotopic (exact) mass is 398 g/mol. The van der Waals surface area contributed by atoms with Gasteiger partial charge in [-0.3, -0.25) is 9.59 Å².